The van der Waals surface area contributed by atoms with Gasteiger partial charge in [-0.25, -0.2) is 4.39 Å². The maximum Gasteiger partial charge on any atom is 0.573 e. The van der Waals surface area contributed by atoms with Gasteiger partial charge in [-0.1, -0.05) is 42.8 Å². The molecule has 0 saturated carbocycles. The van der Waals surface area contributed by atoms with Gasteiger partial charge in [-0.05, 0) is 35.4 Å². The zero-order valence-corrected chi connectivity index (χ0v) is 15.9. The van der Waals surface area contributed by atoms with Gasteiger partial charge in [0.25, 0.3) is 0 Å². The molecular formula is C20H20ClF4NO2. The van der Waals surface area contributed by atoms with Crippen molar-refractivity contribution in [3.63, 3.8) is 0 Å². The average molecular weight is 418 g/mol. The Morgan fingerprint density at radius 2 is 1.75 bits per heavy atom. The largest absolute Gasteiger partial charge is 0.573 e. The minimum atomic E-state index is -4.79. The van der Waals surface area contributed by atoms with E-state index in [-0.39, 0.29) is 12.3 Å². The highest BCUT2D eigenvalue weighted by molar-refractivity contribution is 6.30. The van der Waals surface area contributed by atoms with E-state index in [1.807, 2.05) is 11.8 Å². The fourth-order valence-electron chi connectivity index (χ4n) is 3.92. The van der Waals surface area contributed by atoms with Gasteiger partial charge < -0.3 is 9.84 Å². The maximum absolute atomic E-state index is 12.7. The van der Waals surface area contributed by atoms with Crippen LogP contribution in [0.15, 0.2) is 48.5 Å². The van der Waals surface area contributed by atoms with Gasteiger partial charge in [-0.15, -0.1) is 13.2 Å². The molecule has 0 radical (unpaired) electrons. The first-order chi connectivity index (χ1) is 13.1. The molecule has 3 nitrogen and oxygen atoms in total. The molecule has 152 valence electrons. The predicted molar refractivity (Wildman–Crippen MR) is 98.1 cm³/mol. The number of hydrogen-bond acceptors (Lipinski definition) is 3. The SMILES string of the molecule is CC1([C@](O)(c2ccc(OC(F)(F)F)cc2)c2cccc(Cl)c2)CN(CCF)C1. The minimum Gasteiger partial charge on any atom is -0.406 e. The Hall–Kier alpha value is -1.83. The third-order valence-electron chi connectivity index (χ3n) is 5.17. The van der Waals surface area contributed by atoms with Gasteiger partial charge in [0.15, 0.2) is 0 Å². The summed E-state index contributed by atoms with van der Waals surface area (Å²) in [6, 6.07) is 11.9. The van der Waals surface area contributed by atoms with Crippen LogP contribution in [0.3, 0.4) is 0 Å². The second-order valence-electron chi connectivity index (χ2n) is 7.25. The summed E-state index contributed by atoms with van der Waals surface area (Å²) in [5, 5.41) is 12.3. The fourth-order valence-corrected chi connectivity index (χ4v) is 4.11. The van der Waals surface area contributed by atoms with Crippen LogP contribution in [0, 0.1) is 5.41 Å². The summed E-state index contributed by atoms with van der Waals surface area (Å²) in [5.41, 5.74) is -1.28. The average Bonchev–Trinajstić information content (AvgIpc) is 2.59. The van der Waals surface area contributed by atoms with Crippen LogP contribution >= 0.6 is 11.6 Å². The summed E-state index contributed by atoms with van der Waals surface area (Å²) in [5.74, 6) is -0.373. The Morgan fingerprint density at radius 3 is 2.29 bits per heavy atom. The number of ether oxygens (including phenoxy) is 1. The van der Waals surface area contributed by atoms with E-state index < -0.39 is 24.1 Å². The summed E-state index contributed by atoms with van der Waals surface area (Å²) >= 11 is 6.11. The molecule has 0 amide bonds. The number of hydrogen-bond donors (Lipinski definition) is 1. The lowest BCUT2D eigenvalue weighted by Crippen LogP contribution is -2.65. The Labute approximate surface area is 165 Å². The van der Waals surface area contributed by atoms with Gasteiger partial charge in [0.05, 0.1) is 0 Å². The Bertz CT molecular complexity index is 822. The predicted octanol–water partition coefficient (Wildman–Crippen LogP) is 4.77. The van der Waals surface area contributed by atoms with E-state index in [2.05, 4.69) is 4.74 Å². The second-order valence-corrected chi connectivity index (χ2v) is 7.69. The summed E-state index contributed by atoms with van der Waals surface area (Å²) in [6.07, 6.45) is -4.79. The maximum atomic E-state index is 12.7. The molecule has 8 heteroatoms. The van der Waals surface area contributed by atoms with Crippen LogP contribution in [0.2, 0.25) is 5.02 Å². The van der Waals surface area contributed by atoms with Crippen molar-refractivity contribution in [2.45, 2.75) is 18.9 Å². The number of alkyl halides is 4. The van der Waals surface area contributed by atoms with Crippen molar-refractivity contribution in [2.24, 2.45) is 5.41 Å². The van der Waals surface area contributed by atoms with Gasteiger partial charge in [-0.3, -0.25) is 4.90 Å². The van der Waals surface area contributed by atoms with Crippen molar-refractivity contribution in [3.05, 3.63) is 64.7 Å². The smallest absolute Gasteiger partial charge is 0.406 e. The van der Waals surface area contributed by atoms with Crippen molar-refractivity contribution < 1.29 is 27.4 Å². The van der Waals surface area contributed by atoms with Crippen molar-refractivity contribution in [1.82, 2.24) is 4.90 Å². The first kappa shape index (κ1) is 20.9. The minimum absolute atomic E-state index is 0.263. The number of nitrogens with zero attached hydrogens (tertiary/aromatic N) is 1. The first-order valence-electron chi connectivity index (χ1n) is 8.70. The van der Waals surface area contributed by atoms with Crippen LogP contribution in [-0.4, -0.2) is 42.7 Å². The lowest BCUT2D eigenvalue weighted by Gasteiger charge is -2.56. The summed E-state index contributed by atoms with van der Waals surface area (Å²) in [6.45, 7) is 2.50. The molecule has 1 saturated heterocycles. The van der Waals surface area contributed by atoms with E-state index in [9.17, 15) is 22.7 Å². The van der Waals surface area contributed by atoms with Crippen LogP contribution in [-0.2, 0) is 5.60 Å². The zero-order chi connectivity index (χ0) is 20.6. The topological polar surface area (TPSA) is 32.7 Å². The van der Waals surface area contributed by atoms with Crippen LogP contribution in [0.1, 0.15) is 18.1 Å². The van der Waals surface area contributed by atoms with E-state index in [0.29, 0.717) is 29.2 Å². The molecule has 28 heavy (non-hydrogen) atoms. The van der Waals surface area contributed by atoms with Crippen molar-refractivity contribution >= 4 is 11.6 Å². The molecule has 0 unspecified atom stereocenters. The van der Waals surface area contributed by atoms with E-state index in [0.717, 1.165) is 0 Å². The van der Waals surface area contributed by atoms with Crippen molar-refractivity contribution in [3.8, 4) is 5.75 Å². The normalized spacial score (nSPS) is 19.0. The van der Waals surface area contributed by atoms with E-state index in [4.69, 9.17) is 11.6 Å². The van der Waals surface area contributed by atoms with Gasteiger partial charge in [0.2, 0.25) is 0 Å². The molecule has 0 spiro atoms. The highest BCUT2D eigenvalue weighted by atomic mass is 35.5. The van der Waals surface area contributed by atoms with Gasteiger partial charge in [0.1, 0.15) is 18.0 Å². The van der Waals surface area contributed by atoms with Gasteiger partial charge in [-0.2, -0.15) is 0 Å². The summed E-state index contributed by atoms with van der Waals surface area (Å²) < 4.78 is 53.9. The number of likely N-dealkylation sites (tertiary alicyclic amines) is 1. The molecule has 0 bridgehead atoms. The number of rotatable bonds is 6. The third-order valence-corrected chi connectivity index (χ3v) is 5.40. The van der Waals surface area contributed by atoms with Crippen molar-refractivity contribution in [2.75, 3.05) is 26.3 Å². The fraction of sp³-hybridized carbons (Fsp3) is 0.400. The van der Waals surface area contributed by atoms with Crippen LogP contribution in [0.25, 0.3) is 0 Å². The monoisotopic (exact) mass is 417 g/mol. The van der Waals surface area contributed by atoms with Gasteiger partial charge >= 0.3 is 6.36 Å². The van der Waals surface area contributed by atoms with E-state index in [1.165, 1.54) is 24.3 Å². The molecule has 2 aromatic carbocycles. The standard InChI is InChI=1S/C20H20ClF4NO2/c1-18(12-26(13-18)10-9-22)19(27,15-3-2-4-16(21)11-15)14-5-7-17(8-6-14)28-20(23,24)25/h2-8,11,27H,9-10,12-13H2,1H3/t19-/m0/s1. The zero-order valence-electron chi connectivity index (χ0n) is 15.1. The molecule has 2 aromatic rings. The number of benzene rings is 2. The third kappa shape index (κ3) is 3.97. The number of aliphatic hydroxyl groups is 1. The molecule has 1 atom stereocenters. The molecule has 0 aromatic heterocycles. The van der Waals surface area contributed by atoms with Gasteiger partial charge in [0, 0.05) is 30.1 Å². The Balaban J connectivity index is 2.00. The molecule has 1 heterocycles. The van der Waals surface area contributed by atoms with Crippen LogP contribution < -0.4 is 4.74 Å². The Morgan fingerprint density at radius 1 is 1.11 bits per heavy atom. The lowest BCUT2D eigenvalue weighted by molar-refractivity contribution is -0.274. The van der Waals surface area contributed by atoms with Crippen molar-refractivity contribution in [1.29, 1.82) is 0 Å². The van der Waals surface area contributed by atoms with Crippen LogP contribution in [0.4, 0.5) is 17.6 Å². The molecule has 1 aliphatic rings. The van der Waals surface area contributed by atoms with E-state index in [1.54, 1.807) is 24.3 Å². The second kappa shape index (κ2) is 7.54. The molecule has 1 N–H and O–H groups in total. The molecule has 1 fully saturated rings. The summed E-state index contributed by atoms with van der Waals surface area (Å²) in [4.78, 5) is 1.87. The van der Waals surface area contributed by atoms with Crippen LogP contribution in [0.5, 0.6) is 5.75 Å². The first-order valence-corrected chi connectivity index (χ1v) is 9.08. The molecular weight excluding hydrogens is 398 g/mol. The lowest BCUT2D eigenvalue weighted by atomic mass is 9.62. The summed E-state index contributed by atoms with van der Waals surface area (Å²) in [7, 11) is 0. The van der Waals surface area contributed by atoms with E-state index >= 15 is 0 Å². The molecule has 3 rings (SSSR count). The number of halogens is 5. The quantitative estimate of drug-likeness (QED) is 0.687. The molecule has 0 aliphatic carbocycles. The molecule has 1 aliphatic heterocycles. The highest BCUT2D eigenvalue weighted by Crippen LogP contribution is 2.51. The Kier molecular flexibility index (Phi) is 5.62. The highest BCUT2D eigenvalue weighted by Gasteiger charge is 2.55.